The number of aliphatic hydroxyl groups is 2. The van der Waals surface area contributed by atoms with Crippen molar-refractivity contribution in [1.29, 1.82) is 0 Å². The van der Waals surface area contributed by atoms with E-state index in [1.54, 1.807) is 6.08 Å². The number of carbonyl (C=O) groups is 3. The van der Waals surface area contributed by atoms with Crippen LogP contribution in [0.4, 0.5) is 5.82 Å². The van der Waals surface area contributed by atoms with Crippen LogP contribution in [-0.4, -0.2) is 88.2 Å². The van der Waals surface area contributed by atoms with Gasteiger partial charge < -0.3 is 34.6 Å². The Hall–Kier alpha value is -2.98. The highest BCUT2D eigenvalue weighted by Gasteiger charge is 2.75. The highest BCUT2D eigenvalue weighted by atomic mass is 31.2. The Morgan fingerprint density at radius 1 is 1.21 bits per heavy atom. The molecule has 1 aromatic rings. The molecule has 3 aliphatic rings. The summed E-state index contributed by atoms with van der Waals surface area (Å²) < 4.78 is 38.5. The molecule has 1 amide bonds. The first-order valence-corrected chi connectivity index (χ1v) is 13.2. The monoisotopic (exact) mass is 573 g/mol. The van der Waals surface area contributed by atoms with Gasteiger partial charge in [0.05, 0.1) is 33.0 Å². The molecule has 1 aromatic heterocycles. The van der Waals surface area contributed by atoms with Gasteiger partial charge >= 0.3 is 25.5 Å². The van der Waals surface area contributed by atoms with E-state index in [-0.39, 0.29) is 17.3 Å². The zero-order valence-electron chi connectivity index (χ0n) is 21.1. The van der Waals surface area contributed by atoms with Crippen molar-refractivity contribution < 1.29 is 57.3 Å². The molecule has 0 spiro atoms. The predicted octanol–water partition coefficient (Wildman–Crippen LogP) is -1.14. The fourth-order valence-electron chi connectivity index (χ4n) is 5.23. The quantitative estimate of drug-likeness (QED) is 0.192. The molecule has 2 heterocycles. The van der Waals surface area contributed by atoms with E-state index in [9.17, 15) is 38.8 Å². The maximum absolute atomic E-state index is 12.5. The summed E-state index contributed by atoms with van der Waals surface area (Å²) in [4.78, 5) is 62.0. The zero-order valence-corrected chi connectivity index (χ0v) is 22.0. The number of phosphoric ester groups is 1. The molecule has 4 N–H and O–H groups in total. The largest absolute Gasteiger partial charge is 0.472 e. The number of methoxy groups -OCH3 is 2. The lowest BCUT2D eigenvalue weighted by Gasteiger charge is -2.19. The summed E-state index contributed by atoms with van der Waals surface area (Å²) >= 11 is 0. The number of hydrogen-bond acceptors (Lipinski definition) is 13. The van der Waals surface area contributed by atoms with Crippen molar-refractivity contribution >= 4 is 31.5 Å². The molecule has 2 aliphatic carbocycles. The average Bonchev–Trinajstić information content (AvgIpc) is 3.19. The number of esters is 2. The van der Waals surface area contributed by atoms with Gasteiger partial charge in [0.2, 0.25) is 5.91 Å². The minimum absolute atomic E-state index is 0.0296. The van der Waals surface area contributed by atoms with Crippen LogP contribution in [0.1, 0.15) is 19.6 Å². The van der Waals surface area contributed by atoms with Gasteiger partial charge in [0.1, 0.15) is 29.5 Å². The number of aliphatic hydroxyl groups excluding tert-OH is 2. The van der Waals surface area contributed by atoms with Gasteiger partial charge in [-0.25, -0.2) is 14.2 Å². The van der Waals surface area contributed by atoms with Crippen LogP contribution >= 0.6 is 7.82 Å². The summed E-state index contributed by atoms with van der Waals surface area (Å²) in [7, 11) is -2.44. The zero-order chi connectivity index (χ0) is 28.7. The number of anilines is 1. The lowest BCUT2D eigenvalue weighted by Crippen LogP contribution is -2.36. The fourth-order valence-corrected chi connectivity index (χ4v) is 5.98. The minimum atomic E-state index is -4.77. The molecular weight excluding hydrogens is 545 g/mol. The molecule has 1 aliphatic heterocycles. The predicted molar refractivity (Wildman–Crippen MR) is 127 cm³/mol. The van der Waals surface area contributed by atoms with E-state index in [1.807, 2.05) is 0 Å². The first kappa shape index (κ1) is 29.0. The molecule has 1 saturated carbocycles. The van der Waals surface area contributed by atoms with Gasteiger partial charge in [0.15, 0.2) is 6.23 Å². The number of rotatable bonds is 10. The lowest BCUT2D eigenvalue weighted by atomic mass is 9.94. The van der Waals surface area contributed by atoms with E-state index < -0.39 is 80.4 Å². The van der Waals surface area contributed by atoms with Crippen molar-refractivity contribution in [2.75, 3.05) is 32.8 Å². The van der Waals surface area contributed by atoms with Gasteiger partial charge in [-0.15, -0.1) is 0 Å². The van der Waals surface area contributed by atoms with Crippen molar-refractivity contribution in [1.82, 2.24) is 9.55 Å². The molecule has 0 bridgehead atoms. The van der Waals surface area contributed by atoms with Crippen LogP contribution in [0.25, 0.3) is 0 Å². The Morgan fingerprint density at radius 3 is 2.51 bits per heavy atom. The standard InChI is InChI=1S/C22H28N3O13P/c1-10(26)23-15-6-7-25(21(31)24-15)18-17(28)16(27)14(38-18)9-37-39(32,33)36-8-13-11-4-5-12(19(29)34-2)22(11,13)20(30)35-3/h5-7,11,13-14,16-18,27-28H,4,8-9H2,1-3H3,(H,32,33)(H,23,24,26,31)/t11-,13+,14+,16+,17+,18+,22-/m0/s1. The number of carbonyl (C=O) groups excluding carboxylic acids is 3. The van der Waals surface area contributed by atoms with Crippen molar-refractivity contribution in [3.05, 3.63) is 34.4 Å². The third-order valence-corrected chi connectivity index (χ3v) is 8.01. The average molecular weight is 573 g/mol. The molecule has 214 valence electrons. The fraction of sp³-hybridized carbons (Fsp3) is 0.591. The maximum Gasteiger partial charge on any atom is 0.472 e. The summed E-state index contributed by atoms with van der Waals surface area (Å²) in [5.41, 5.74) is -2.15. The van der Waals surface area contributed by atoms with Crippen molar-refractivity contribution in [3.63, 3.8) is 0 Å². The van der Waals surface area contributed by atoms with Crippen molar-refractivity contribution in [2.45, 2.75) is 37.9 Å². The Labute approximate surface area is 221 Å². The number of ether oxygens (including phenoxy) is 3. The summed E-state index contributed by atoms with van der Waals surface area (Å²) in [6.07, 6.45) is -2.90. The van der Waals surface area contributed by atoms with Crippen molar-refractivity contribution in [2.24, 2.45) is 17.3 Å². The van der Waals surface area contributed by atoms with E-state index in [4.69, 9.17) is 23.3 Å². The van der Waals surface area contributed by atoms with E-state index in [1.165, 1.54) is 26.3 Å². The molecule has 1 unspecified atom stereocenters. The Morgan fingerprint density at radius 2 is 1.90 bits per heavy atom. The second kappa shape index (κ2) is 10.9. The number of allylic oxidation sites excluding steroid dienone is 1. The molecule has 17 heteroatoms. The van der Waals surface area contributed by atoms with Crippen LogP contribution < -0.4 is 11.0 Å². The molecule has 1 saturated heterocycles. The first-order valence-electron chi connectivity index (χ1n) is 11.7. The molecule has 2 fully saturated rings. The Kier molecular flexibility index (Phi) is 8.10. The SMILES string of the molecule is COC(=O)C1=CC[C@H]2[C@@H](COP(=O)(O)OC[C@H]3O[C@@H](n4ccc(NC(C)=O)nc4=O)[C@H](O)[C@@H]3O)[C@@]12C(=O)OC. The van der Waals surface area contributed by atoms with Crippen molar-refractivity contribution in [3.8, 4) is 0 Å². The molecule has 0 radical (unpaired) electrons. The number of fused-ring (bicyclic) bond motifs is 1. The third kappa shape index (κ3) is 5.28. The highest BCUT2D eigenvalue weighted by Crippen LogP contribution is 2.70. The number of hydrogen-bond donors (Lipinski definition) is 4. The number of phosphoric acid groups is 1. The molecule has 8 atom stereocenters. The van der Waals surface area contributed by atoms with E-state index in [2.05, 4.69) is 10.3 Å². The minimum Gasteiger partial charge on any atom is -0.468 e. The molecule has 16 nitrogen and oxygen atoms in total. The molecule has 39 heavy (non-hydrogen) atoms. The van der Waals surface area contributed by atoms with Crippen LogP contribution in [0.5, 0.6) is 0 Å². The van der Waals surface area contributed by atoms with Gasteiger partial charge in [-0.2, -0.15) is 4.98 Å². The summed E-state index contributed by atoms with van der Waals surface area (Å²) in [6, 6.07) is 1.28. The first-order chi connectivity index (χ1) is 18.4. The van der Waals surface area contributed by atoms with Crippen LogP contribution in [0.15, 0.2) is 28.7 Å². The molecule has 0 aromatic carbocycles. The normalized spacial score (nSPS) is 32.5. The number of nitrogens with zero attached hydrogens (tertiary/aromatic N) is 2. The number of nitrogens with one attached hydrogen (secondary N) is 1. The van der Waals surface area contributed by atoms with Gasteiger partial charge in [-0.1, -0.05) is 6.08 Å². The lowest BCUT2D eigenvalue weighted by molar-refractivity contribution is -0.149. The van der Waals surface area contributed by atoms with Crippen LogP contribution in [0, 0.1) is 17.3 Å². The third-order valence-electron chi connectivity index (χ3n) is 7.06. The molecular formula is C22H28N3O13P. The Bertz CT molecular complexity index is 1300. The smallest absolute Gasteiger partial charge is 0.468 e. The summed E-state index contributed by atoms with van der Waals surface area (Å²) in [5, 5.41) is 23.1. The number of amides is 1. The topological polar surface area (TPSA) is 222 Å². The Balaban J connectivity index is 1.36. The van der Waals surface area contributed by atoms with Crippen LogP contribution in [0.2, 0.25) is 0 Å². The van der Waals surface area contributed by atoms with Gasteiger partial charge in [0, 0.05) is 19.0 Å². The number of aromatic nitrogens is 2. The highest BCUT2D eigenvalue weighted by molar-refractivity contribution is 7.47. The van der Waals surface area contributed by atoms with Crippen LogP contribution in [-0.2, 0) is 42.2 Å². The summed E-state index contributed by atoms with van der Waals surface area (Å²) in [5.74, 6) is -2.93. The van der Waals surface area contributed by atoms with E-state index in [0.717, 1.165) is 11.7 Å². The molecule has 4 rings (SSSR count). The van der Waals surface area contributed by atoms with E-state index >= 15 is 0 Å². The second-order valence-corrected chi connectivity index (χ2v) is 10.7. The van der Waals surface area contributed by atoms with E-state index in [0.29, 0.717) is 6.42 Å². The summed E-state index contributed by atoms with van der Waals surface area (Å²) in [6.45, 7) is 0.0901. The van der Waals surface area contributed by atoms with Crippen LogP contribution in [0.3, 0.4) is 0 Å². The maximum atomic E-state index is 12.5. The van der Waals surface area contributed by atoms with Gasteiger partial charge in [0.25, 0.3) is 0 Å². The second-order valence-electron chi connectivity index (χ2n) is 9.21. The van der Waals surface area contributed by atoms with Gasteiger partial charge in [-0.05, 0) is 18.4 Å². The van der Waals surface area contributed by atoms with Gasteiger partial charge in [-0.3, -0.25) is 23.2 Å².